The molecule has 2 heterocycles. The average Bonchev–Trinajstić information content (AvgIpc) is 2.83. The third kappa shape index (κ3) is 2.60. The molecule has 0 amide bonds. The van der Waals surface area contributed by atoms with Gasteiger partial charge in [0.1, 0.15) is 0 Å². The second kappa shape index (κ2) is 6.82. The minimum Gasteiger partial charge on any atom is -0.159 e. The molecule has 0 N–H and O–H groups in total. The molecular formula is C29H20N+. The highest BCUT2D eigenvalue weighted by molar-refractivity contribution is 6.12. The van der Waals surface area contributed by atoms with Crippen LogP contribution in [0.15, 0.2) is 121 Å². The van der Waals surface area contributed by atoms with Crippen LogP contribution in [0.5, 0.6) is 0 Å². The number of benzene rings is 4. The first kappa shape index (κ1) is 16.9. The first-order valence-corrected chi connectivity index (χ1v) is 10.3. The lowest BCUT2D eigenvalue weighted by Crippen LogP contribution is -2.25. The van der Waals surface area contributed by atoms with E-state index in [0.29, 0.717) is 0 Å². The second-order valence-electron chi connectivity index (χ2n) is 7.66. The summed E-state index contributed by atoms with van der Waals surface area (Å²) >= 11 is 0. The Morgan fingerprint density at radius 3 is 1.73 bits per heavy atom. The maximum atomic E-state index is 2.35. The van der Waals surface area contributed by atoms with Crippen molar-refractivity contribution in [1.82, 2.24) is 0 Å². The van der Waals surface area contributed by atoms with Crippen molar-refractivity contribution in [2.45, 2.75) is 0 Å². The normalized spacial score (nSPS) is 11.3. The summed E-state index contributed by atoms with van der Waals surface area (Å²) in [4.78, 5) is 0. The summed E-state index contributed by atoms with van der Waals surface area (Å²) in [5, 5.41) is 5.08. The van der Waals surface area contributed by atoms with E-state index in [2.05, 4.69) is 126 Å². The van der Waals surface area contributed by atoms with Gasteiger partial charge in [0.25, 0.3) is 0 Å². The standard InChI is InChI=1S/C29H20N/c1-3-11-21(12-4-1)28-26-20-24-16-8-7-15-23(24)19-25(26)27-17-9-10-18-30(27)29(28)22-13-5-2-6-14-22/h1-20H/q+1. The van der Waals surface area contributed by atoms with E-state index in [0.717, 1.165) is 0 Å². The van der Waals surface area contributed by atoms with Crippen LogP contribution >= 0.6 is 0 Å². The van der Waals surface area contributed by atoms with Crippen LogP contribution in [-0.2, 0) is 0 Å². The number of hydrogen-bond acceptors (Lipinski definition) is 0. The van der Waals surface area contributed by atoms with Crippen LogP contribution in [0.2, 0.25) is 0 Å². The molecule has 6 aromatic rings. The quantitative estimate of drug-likeness (QED) is 0.171. The van der Waals surface area contributed by atoms with Crippen LogP contribution in [0.25, 0.3) is 49.4 Å². The van der Waals surface area contributed by atoms with E-state index in [4.69, 9.17) is 0 Å². The molecule has 1 nitrogen and oxygen atoms in total. The molecule has 0 saturated heterocycles. The van der Waals surface area contributed by atoms with Crippen molar-refractivity contribution in [2.75, 3.05) is 0 Å². The lowest BCUT2D eigenvalue weighted by atomic mass is 9.91. The fourth-order valence-corrected chi connectivity index (χ4v) is 4.54. The molecule has 0 aliphatic heterocycles. The number of fused-ring (bicyclic) bond motifs is 4. The van der Waals surface area contributed by atoms with Gasteiger partial charge in [-0.25, -0.2) is 0 Å². The van der Waals surface area contributed by atoms with Crippen molar-refractivity contribution < 1.29 is 4.40 Å². The maximum Gasteiger partial charge on any atom is 0.226 e. The second-order valence-corrected chi connectivity index (χ2v) is 7.66. The summed E-state index contributed by atoms with van der Waals surface area (Å²) in [7, 11) is 0. The molecule has 0 radical (unpaired) electrons. The fourth-order valence-electron chi connectivity index (χ4n) is 4.54. The van der Waals surface area contributed by atoms with Gasteiger partial charge in [-0.3, -0.25) is 0 Å². The molecule has 0 spiro atoms. The molecule has 6 rings (SSSR count). The van der Waals surface area contributed by atoms with Crippen LogP contribution in [0.3, 0.4) is 0 Å². The Morgan fingerprint density at radius 1 is 0.467 bits per heavy atom. The largest absolute Gasteiger partial charge is 0.226 e. The van der Waals surface area contributed by atoms with Gasteiger partial charge in [-0.1, -0.05) is 72.8 Å². The first-order valence-electron chi connectivity index (χ1n) is 10.3. The summed E-state index contributed by atoms with van der Waals surface area (Å²) in [5.41, 5.74) is 6.16. The molecule has 1 heteroatoms. The van der Waals surface area contributed by atoms with Crippen molar-refractivity contribution >= 4 is 27.1 Å². The van der Waals surface area contributed by atoms with Gasteiger partial charge in [0.15, 0.2) is 6.20 Å². The molecule has 30 heavy (non-hydrogen) atoms. The topological polar surface area (TPSA) is 4.10 Å². The van der Waals surface area contributed by atoms with Crippen molar-refractivity contribution in [3.05, 3.63) is 121 Å². The molecule has 0 bridgehead atoms. The minimum absolute atomic E-state index is 1.22. The van der Waals surface area contributed by atoms with Gasteiger partial charge in [-0.15, -0.1) is 0 Å². The van der Waals surface area contributed by atoms with Crippen LogP contribution in [0.4, 0.5) is 0 Å². The molecule has 140 valence electrons. The summed E-state index contributed by atoms with van der Waals surface area (Å²) in [5.74, 6) is 0. The number of hydrogen-bond donors (Lipinski definition) is 0. The molecular weight excluding hydrogens is 362 g/mol. The Labute approximate surface area is 175 Å². The molecule has 2 aromatic heterocycles. The zero-order valence-electron chi connectivity index (χ0n) is 16.5. The summed E-state index contributed by atoms with van der Waals surface area (Å²) < 4.78 is 2.34. The Balaban J connectivity index is 1.91. The zero-order chi connectivity index (χ0) is 19.9. The maximum absolute atomic E-state index is 2.35. The van der Waals surface area contributed by atoms with Gasteiger partial charge in [0.2, 0.25) is 11.2 Å². The highest BCUT2D eigenvalue weighted by atomic mass is 14.9. The molecule has 0 fully saturated rings. The highest BCUT2D eigenvalue weighted by Gasteiger charge is 2.24. The van der Waals surface area contributed by atoms with Gasteiger partial charge in [-0.2, -0.15) is 4.40 Å². The van der Waals surface area contributed by atoms with Crippen molar-refractivity contribution in [3.8, 4) is 22.4 Å². The van der Waals surface area contributed by atoms with Crippen molar-refractivity contribution in [1.29, 1.82) is 0 Å². The third-order valence-corrected chi connectivity index (χ3v) is 5.88. The van der Waals surface area contributed by atoms with Crippen LogP contribution in [-0.4, -0.2) is 0 Å². The average molecular weight is 382 g/mol. The number of pyridine rings is 2. The number of rotatable bonds is 2. The van der Waals surface area contributed by atoms with Crippen molar-refractivity contribution in [2.24, 2.45) is 0 Å². The summed E-state index contributed by atoms with van der Waals surface area (Å²) in [6.07, 6.45) is 2.18. The van der Waals surface area contributed by atoms with E-state index in [9.17, 15) is 0 Å². The lowest BCUT2D eigenvalue weighted by Gasteiger charge is -2.13. The van der Waals surface area contributed by atoms with E-state index in [-0.39, 0.29) is 0 Å². The predicted octanol–water partition coefficient (Wildman–Crippen LogP) is 7.07. The van der Waals surface area contributed by atoms with E-state index in [1.165, 1.54) is 49.4 Å². The molecule has 0 aliphatic carbocycles. The predicted molar refractivity (Wildman–Crippen MR) is 125 cm³/mol. The lowest BCUT2D eigenvalue weighted by molar-refractivity contribution is -0.497. The first-order chi connectivity index (χ1) is 14.9. The third-order valence-electron chi connectivity index (χ3n) is 5.88. The Bertz CT molecular complexity index is 1520. The van der Waals surface area contributed by atoms with Crippen LogP contribution < -0.4 is 4.40 Å². The monoisotopic (exact) mass is 382 g/mol. The van der Waals surface area contributed by atoms with Crippen LogP contribution in [0.1, 0.15) is 0 Å². The molecule has 4 aromatic carbocycles. The summed E-state index contributed by atoms with van der Waals surface area (Å²) in [6.45, 7) is 0. The molecule has 0 aliphatic rings. The molecule has 0 saturated carbocycles. The molecule has 0 unspecified atom stereocenters. The number of nitrogens with zero attached hydrogens (tertiary/aromatic N) is 1. The van der Waals surface area contributed by atoms with Gasteiger partial charge < -0.3 is 0 Å². The zero-order valence-corrected chi connectivity index (χ0v) is 16.5. The van der Waals surface area contributed by atoms with Gasteiger partial charge in [0, 0.05) is 23.1 Å². The minimum atomic E-state index is 1.22. The van der Waals surface area contributed by atoms with E-state index in [1.54, 1.807) is 0 Å². The van der Waals surface area contributed by atoms with E-state index >= 15 is 0 Å². The van der Waals surface area contributed by atoms with E-state index < -0.39 is 0 Å². The van der Waals surface area contributed by atoms with Gasteiger partial charge in [-0.05, 0) is 46.7 Å². The van der Waals surface area contributed by atoms with Crippen molar-refractivity contribution in [3.63, 3.8) is 0 Å². The van der Waals surface area contributed by atoms with Gasteiger partial charge >= 0.3 is 0 Å². The fraction of sp³-hybridized carbons (Fsp3) is 0. The summed E-state index contributed by atoms with van der Waals surface area (Å²) in [6, 6.07) is 41.2. The smallest absolute Gasteiger partial charge is 0.159 e. The van der Waals surface area contributed by atoms with Crippen LogP contribution in [0, 0.1) is 0 Å². The Morgan fingerprint density at radius 2 is 1.03 bits per heavy atom. The SMILES string of the molecule is c1ccc(-c2c(-c3ccccc3)[n+]3ccccc3c3cc4ccccc4cc23)cc1. The number of aromatic nitrogens is 1. The van der Waals surface area contributed by atoms with E-state index in [1.807, 2.05) is 0 Å². The Hall–Kier alpha value is -3.97. The molecule has 0 atom stereocenters. The Kier molecular flexibility index (Phi) is 3.85. The highest BCUT2D eigenvalue weighted by Crippen LogP contribution is 2.38. The van der Waals surface area contributed by atoms with Gasteiger partial charge in [0.05, 0.1) is 10.9 Å².